The number of benzene rings is 2. The van der Waals surface area contributed by atoms with E-state index in [4.69, 9.17) is 9.47 Å². The second-order valence-corrected chi connectivity index (χ2v) is 7.54. The summed E-state index contributed by atoms with van der Waals surface area (Å²) in [5, 5.41) is 2.08. The summed E-state index contributed by atoms with van der Waals surface area (Å²) in [6.07, 6.45) is 5.38. The molecular weight excluding hydrogens is 444 g/mol. The Labute approximate surface area is 168 Å². The molecule has 136 valence electrons. The molecule has 0 bridgehead atoms. The van der Waals surface area contributed by atoms with Crippen LogP contribution in [0, 0.1) is 0 Å². The molecule has 2 nitrogen and oxygen atoms in total. The molecule has 0 saturated carbocycles. The average molecular weight is 470 g/mol. The van der Waals surface area contributed by atoms with Crippen molar-refractivity contribution in [3.05, 3.63) is 59.7 Å². The monoisotopic (exact) mass is 468 g/mol. The highest BCUT2D eigenvalue weighted by atomic mass is 79.9. The largest absolute Gasteiger partial charge is 0.494 e. The first-order valence-electron chi connectivity index (χ1n) is 8.87. The minimum absolute atomic E-state index is 0.780. The van der Waals surface area contributed by atoms with Gasteiger partial charge in [0.25, 0.3) is 0 Å². The lowest BCUT2D eigenvalue weighted by Gasteiger charge is -2.08. The summed E-state index contributed by atoms with van der Waals surface area (Å²) in [5.74, 6) is 1.90. The van der Waals surface area contributed by atoms with Gasteiger partial charge in [0.2, 0.25) is 0 Å². The highest BCUT2D eigenvalue weighted by Gasteiger charge is 2.00. The topological polar surface area (TPSA) is 18.5 Å². The lowest BCUT2D eigenvalue weighted by atomic mass is 10.0. The third-order valence-corrected chi connectivity index (χ3v) is 4.97. The third-order valence-electron chi connectivity index (χ3n) is 3.85. The zero-order valence-electron chi connectivity index (χ0n) is 14.6. The van der Waals surface area contributed by atoms with Crippen molar-refractivity contribution in [1.82, 2.24) is 0 Å². The maximum absolute atomic E-state index is 5.74. The Morgan fingerprint density at radius 1 is 0.560 bits per heavy atom. The fourth-order valence-corrected chi connectivity index (χ4v) is 3.21. The van der Waals surface area contributed by atoms with Crippen LogP contribution in [0.15, 0.2) is 48.5 Å². The molecule has 2 aromatic rings. The Kier molecular flexibility index (Phi) is 10.1. The molecule has 0 radical (unpaired) electrons. The first-order chi connectivity index (χ1) is 12.3. The van der Waals surface area contributed by atoms with Crippen LogP contribution in [-0.4, -0.2) is 23.9 Å². The van der Waals surface area contributed by atoms with Crippen LogP contribution < -0.4 is 9.47 Å². The van der Waals surface area contributed by atoms with Gasteiger partial charge in [0, 0.05) is 10.7 Å². The molecule has 0 fully saturated rings. The Morgan fingerprint density at radius 3 is 1.32 bits per heavy atom. The molecule has 25 heavy (non-hydrogen) atoms. The smallest absolute Gasteiger partial charge is 0.119 e. The van der Waals surface area contributed by atoms with Crippen LogP contribution in [0.3, 0.4) is 0 Å². The fraction of sp³-hybridized carbons (Fsp3) is 0.429. The van der Waals surface area contributed by atoms with Crippen molar-refractivity contribution in [3.63, 3.8) is 0 Å². The van der Waals surface area contributed by atoms with Gasteiger partial charge in [-0.3, -0.25) is 0 Å². The summed E-state index contributed by atoms with van der Waals surface area (Å²) in [5.41, 5.74) is 2.58. The van der Waals surface area contributed by atoms with Crippen molar-refractivity contribution in [2.75, 3.05) is 23.9 Å². The summed E-state index contributed by atoms with van der Waals surface area (Å²) in [4.78, 5) is 0. The van der Waals surface area contributed by atoms with Crippen molar-refractivity contribution in [1.29, 1.82) is 0 Å². The molecule has 0 N–H and O–H groups in total. The normalized spacial score (nSPS) is 10.6. The molecular formula is C21H26Br2O2. The minimum Gasteiger partial charge on any atom is -0.494 e. The summed E-state index contributed by atoms with van der Waals surface area (Å²) in [6, 6.07) is 16.8. The third kappa shape index (κ3) is 8.28. The molecule has 0 saturated heterocycles. The minimum atomic E-state index is 0.780. The van der Waals surface area contributed by atoms with Gasteiger partial charge in [-0.1, -0.05) is 56.1 Å². The highest BCUT2D eigenvalue weighted by molar-refractivity contribution is 9.09. The standard InChI is InChI=1S/C21H26Br2O2/c22-13-1-3-15-24-20-9-5-18(6-10-20)17-19-7-11-21(12-8-19)25-16-4-2-14-23/h5-12H,1-4,13-17H2. The summed E-state index contributed by atoms with van der Waals surface area (Å²) in [7, 11) is 0. The van der Waals surface area contributed by atoms with E-state index >= 15 is 0 Å². The highest BCUT2D eigenvalue weighted by Crippen LogP contribution is 2.18. The number of hydrogen-bond donors (Lipinski definition) is 0. The first-order valence-corrected chi connectivity index (χ1v) is 11.1. The Bertz CT molecular complexity index is 528. The number of halogens is 2. The molecule has 0 atom stereocenters. The van der Waals surface area contributed by atoms with E-state index in [9.17, 15) is 0 Å². The Balaban J connectivity index is 1.77. The quantitative estimate of drug-likeness (QED) is 0.265. The number of ether oxygens (including phenoxy) is 2. The van der Waals surface area contributed by atoms with Gasteiger partial charge < -0.3 is 9.47 Å². The number of rotatable bonds is 12. The number of alkyl halides is 2. The van der Waals surface area contributed by atoms with Crippen LogP contribution in [-0.2, 0) is 6.42 Å². The molecule has 0 aliphatic carbocycles. The van der Waals surface area contributed by atoms with Gasteiger partial charge in [-0.05, 0) is 67.5 Å². The maximum atomic E-state index is 5.74. The van der Waals surface area contributed by atoms with Crippen molar-refractivity contribution in [3.8, 4) is 11.5 Å². The molecule has 0 spiro atoms. The molecule has 0 aliphatic heterocycles. The maximum Gasteiger partial charge on any atom is 0.119 e. The van der Waals surface area contributed by atoms with E-state index in [-0.39, 0.29) is 0 Å². The van der Waals surface area contributed by atoms with Crippen LogP contribution in [0.25, 0.3) is 0 Å². The van der Waals surface area contributed by atoms with E-state index in [2.05, 4.69) is 80.4 Å². The summed E-state index contributed by atoms with van der Waals surface area (Å²) in [6.45, 7) is 1.56. The molecule has 0 aromatic heterocycles. The Morgan fingerprint density at radius 2 is 0.960 bits per heavy atom. The summed E-state index contributed by atoms with van der Waals surface area (Å²) >= 11 is 6.87. The van der Waals surface area contributed by atoms with Crippen molar-refractivity contribution >= 4 is 31.9 Å². The van der Waals surface area contributed by atoms with Crippen LogP contribution in [0.4, 0.5) is 0 Å². The van der Waals surface area contributed by atoms with Gasteiger partial charge >= 0.3 is 0 Å². The Hall–Kier alpha value is -1.00. The predicted molar refractivity (Wildman–Crippen MR) is 113 cm³/mol. The zero-order valence-corrected chi connectivity index (χ0v) is 17.7. The number of hydrogen-bond acceptors (Lipinski definition) is 2. The van der Waals surface area contributed by atoms with Gasteiger partial charge in [-0.2, -0.15) is 0 Å². The van der Waals surface area contributed by atoms with E-state index in [1.54, 1.807) is 0 Å². The van der Waals surface area contributed by atoms with Crippen molar-refractivity contribution in [2.45, 2.75) is 32.1 Å². The van der Waals surface area contributed by atoms with Gasteiger partial charge in [0.1, 0.15) is 11.5 Å². The molecule has 4 heteroatoms. The zero-order chi connectivity index (χ0) is 17.7. The van der Waals surface area contributed by atoms with E-state index in [1.807, 2.05) is 0 Å². The van der Waals surface area contributed by atoms with Crippen molar-refractivity contribution < 1.29 is 9.47 Å². The van der Waals surface area contributed by atoms with Crippen LogP contribution >= 0.6 is 31.9 Å². The van der Waals surface area contributed by atoms with E-state index in [1.165, 1.54) is 11.1 Å². The van der Waals surface area contributed by atoms with Crippen LogP contribution in [0.5, 0.6) is 11.5 Å². The van der Waals surface area contributed by atoms with Crippen LogP contribution in [0.2, 0.25) is 0 Å². The van der Waals surface area contributed by atoms with Gasteiger partial charge in [0.05, 0.1) is 13.2 Å². The fourth-order valence-electron chi connectivity index (χ4n) is 2.42. The molecule has 2 aromatic carbocycles. The molecule has 0 heterocycles. The molecule has 0 unspecified atom stereocenters. The van der Waals surface area contributed by atoms with Crippen LogP contribution in [0.1, 0.15) is 36.8 Å². The molecule has 2 rings (SSSR count). The lowest BCUT2D eigenvalue weighted by Crippen LogP contribution is -1.98. The molecule has 0 aliphatic rings. The van der Waals surface area contributed by atoms with Gasteiger partial charge in [-0.15, -0.1) is 0 Å². The van der Waals surface area contributed by atoms with Crippen molar-refractivity contribution in [2.24, 2.45) is 0 Å². The first kappa shape index (κ1) is 20.3. The molecule has 0 amide bonds. The van der Waals surface area contributed by atoms with Gasteiger partial charge in [-0.25, -0.2) is 0 Å². The lowest BCUT2D eigenvalue weighted by molar-refractivity contribution is 0.310. The van der Waals surface area contributed by atoms with E-state index in [0.29, 0.717) is 0 Å². The summed E-state index contributed by atoms with van der Waals surface area (Å²) < 4.78 is 11.5. The predicted octanol–water partition coefficient (Wildman–Crippen LogP) is 6.39. The average Bonchev–Trinajstić information content (AvgIpc) is 2.65. The second kappa shape index (κ2) is 12.4. The van der Waals surface area contributed by atoms with Gasteiger partial charge in [0.15, 0.2) is 0 Å². The van der Waals surface area contributed by atoms with E-state index < -0.39 is 0 Å². The van der Waals surface area contributed by atoms with E-state index in [0.717, 1.165) is 67.5 Å². The SMILES string of the molecule is BrCCCCOc1ccc(Cc2ccc(OCCCCBr)cc2)cc1. The second-order valence-electron chi connectivity index (χ2n) is 5.95. The number of unbranched alkanes of at least 4 members (excludes halogenated alkanes) is 2.